The van der Waals surface area contributed by atoms with E-state index in [1.165, 1.54) is 64.6 Å². The number of hydrogen-bond acceptors (Lipinski definition) is 12. The summed E-state index contributed by atoms with van der Waals surface area (Å²) in [6.45, 7) is 0.762. The molecule has 3 saturated heterocycles. The van der Waals surface area contributed by atoms with E-state index >= 15 is 0 Å². The van der Waals surface area contributed by atoms with Crippen molar-refractivity contribution in [3.8, 4) is 0 Å². The Morgan fingerprint density at radius 1 is 0.780 bits per heavy atom. The summed E-state index contributed by atoms with van der Waals surface area (Å²) in [5, 5.41) is 5.45. The van der Waals surface area contributed by atoms with Gasteiger partial charge in [0.05, 0.1) is 25.3 Å². The first-order valence-electron chi connectivity index (χ1n) is 15.3. The van der Waals surface area contributed by atoms with Crippen molar-refractivity contribution >= 4 is 80.2 Å². The molecule has 1 aromatic carbocycles. The topological polar surface area (TPSA) is 161 Å². The number of carbonyl (C=O) groups excluding carboxylic acids is 4. The number of hydrogen-bond donors (Lipinski definition) is 2. The maximum absolute atomic E-state index is 13.7. The van der Waals surface area contributed by atoms with Gasteiger partial charge in [0.15, 0.2) is 0 Å². The maximum Gasteiger partial charge on any atom is 0.296 e. The van der Waals surface area contributed by atoms with Crippen LogP contribution >= 0.6 is 48.0 Å². The van der Waals surface area contributed by atoms with E-state index in [1.807, 2.05) is 6.07 Å². The fraction of sp³-hybridized carbons (Fsp3) is 0.312. The second-order valence-electron chi connectivity index (χ2n) is 11.3. The first-order chi connectivity index (χ1) is 24.0. The number of nitrogens with zero attached hydrogens (tertiary/aromatic N) is 4. The van der Waals surface area contributed by atoms with Crippen LogP contribution in [-0.2, 0) is 18.4 Å². The van der Waals surface area contributed by atoms with Crippen molar-refractivity contribution in [1.29, 1.82) is 0 Å². The fourth-order valence-electron chi connectivity index (χ4n) is 5.48. The summed E-state index contributed by atoms with van der Waals surface area (Å²) in [5.74, 6) is -1.20. The largest absolute Gasteiger partial charge is 0.405 e. The molecule has 3 fully saturated rings. The summed E-state index contributed by atoms with van der Waals surface area (Å²) >= 11 is 13.3. The van der Waals surface area contributed by atoms with Gasteiger partial charge in [-0.1, -0.05) is 78.3 Å². The molecule has 3 aliphatic heterocycles. The Kier molecular flexibility index (Phi) is 10.8. The molecule has 0 radical (unpaired) electrons. The number of amides is 4. The predicted molar refractivity (Wildman–Crippen MR) is 195 cm³/mol. The number of aromatic nitrogens is 2. The number of rotatable bonds is 9. The van der Waals surface area contributed by atoms with E-state index in [4.69, 9.17) is 34.0 Å². The molecule has 0 aliphatic carbocycles. The van der Waals surface area contributed by atoms with Crippen molar-refractivity contribution in [2.24, 2.45) is 7.05 Å². The van der Waals surface area contributed by atoms with Gasteiger partial charge in [-0.05, 0) is 29.8 Å². The van der Waals surface area contributed by atoms with Gasteiger partial charge in [-0.25, -0.2) is 0 Å². The van der Waals surface area contributed by atoms with Crippen molar-refractivity contribution < 1.29 is 28.8 Å². The van der Waals surface area contributed by atoms with Crippen molar-refractivity contribution in [2.45, 2.75) is 18.7 Å². The summed E-state index contributed by atoms with van der Waals surface area (Å²) in [6.07, 6.45) is 0. The molecule has 3 aromatic rings. The summed E-state index contributed by atoms with van der Waals surface area (Å²) in [5.41, 5.74) is -1.37. The molecular formula is C32H30N6O8S4. The number of pyridine rings is 2. The molecule has 14 nitrogen and oxygen atoms in total. The van der Waals surface area contributed by atoms with Crippen molar-refractivity contribution in [3.05, 3.63) is 103 Å². The first-order valence-corrected chi connectivity index (χ1v) is 18.1. The zero-order valence-electron chi connectivity index (χ0n) is 26.5. The molecular weight excluding hydrogens is 725 g/mol. The molecule has 50 heavy (non-hydrogen) atoms. The lowest BCUT2D eigenvalue weighted by atomic mass is 10.1. The van der Waals surface area contributed by atoms with Crippen LogP contribution in [0, 0.1) is 0 Å². The summed E-state index contributed by atoms with van der Waals surface area (Å²) in [6, 6.07) is 12.7. The van der Waals surface area contributed by atoms with Gasteiger partial charge in [-0.15, -0.1) is 4.73 Å². The van der Waals surface area contributed by atoms with E-state index in [9.17, 15) is 28.8 Å². The van der Waals surface area contributed by atoms with Crippen LogP contribution in [0.2, 0.25) is 0 Å². The van der Waals surface area contributed by atoms with Gasteiger partial charge in [-0.3, -0.25) is 38.6 Å². The Morgan fingerprint density at radius 3 is 1.84 bits per heavy atom. The summed E-state index contributed by atoms with van der Waals surface area (Å²) in [7, 11) is 1.40. The molecule has 18 heteroatoms. The number of thioether (sulfide) groups is 2. The van der Waals surface area contributed by atoms with Crippen LogP contribution in [0.4, 0.5) is 0 Å². The highest BCUT2D eigenvalue weighted by Gasteiger charge is 2.34. The zero-order valence-corrected chi connectivity index (χ0v) is 29.8. The summed E-state index contributed by atoms with van der Waals surface area (Å²) in [4.78, 5) is 88.6. The Bertz CT molecular complexity index is 2020. The minimum atomic E-state index is -0.868. The van der Waals surface area contributed by atoms with Gasteiger partial charge >= 0.3 is 0 Å². The van der Waals surface area contributed by atoms with E-state index in [1.54, 1.807) is 24.3 Å². The molecule has 5 heterocycles. The van der Waals surface area contributed by atoms with Gasteiger partial charge in [0.1, 0.15) is 37.8 Å². The van der Waals surface area contributed by atoms with Crippen LogP contribution in [0.5, 0.6) is 0 Å². The zero-order chi connectivity index (χ0) is 35.5. The molecule has 0 saturated carbocycles. The van der Waals surface area contributed by atoms with Crippen LogP contribution in [0.15, 0.2) is 64.2 Å². The van der Waals surface area contributed by atoms with Crippen LogP contribution in [0.3, 0.4) is 0 Å². The molecule has 0 bridgehead atoms. The lowest BCUT2D eigenvalue weighted by molar-refractivity contribution is 0.0644. The predicted octanol–water partition coefficient (Wildman–Crippen LogP) is 1.05. The van der Waals surface area contributed by atoms with Gasteiger partial charge in [0.25, 0.3) is 34.7 Å². The Balaban J connectivity index is 1.18. The molecule has 2 N–H and O–H groups in total. The highest BCUT2D eigenvalue weighted by atomic mass is 32.2. The van der Waals surface area contributed by atoms with E-state index < -0.39 is 46.8 Å². The van der Waals surface area contributed by atoms with Crippen molar-refractivity contribution in [2.75, 3.05) is 37.8 Å². The Morgan fingerprint density at radius 2 is 1.30 bits per heavy atom. The molecule has 2 atom stereocenters. The number of carbonyl (C=O) groups is 4. The monoisotopic (exact) mass is 754 g/mol. The number of thiocarbonyl (C=S) groups is 2. The van der Waals surface area contributed by atoms with E-state index in [2.05, 4.69) is 10.6 Å². The second kappa shape index (κ2) is 15.3. The molecule has 0 spiro atoms. The lowest BCUT2D eigenvalue weighted by Gasteiger charge is -2.22. The smallest absolute Gasteiger partial charge is 0.296 e. The second-order valence-corrected chi connectivity index (χ2v) is 14.8. The minimum Gasteiger partial charge on any atom is -0.405 e. The molecule has 260 valence electrons. The standard InChI is InChI=1S/C32H30N6O8S4/c1-35-23(29(43)36-11-13-49-31(36)47)9-7-19(27(35)41)25(39)33-21-16-45-17-22(21)34-26(40)20-8-10-24(30(44)37-12-14-50-32(37)48)38(28(20)42)46-15-18-5-3-2-4-6-18/h2-10,21-22H,11-17H2,1H3,(H,33,39)(H,34,40)/t21-,22+/m1/s1. The van der Waals surface area contributed by atoms with Crippen LogP contribution in [0.1, 0.15) is 47.3 Å². The highest BCUT2D eigenvalue weighted by Crippen LogP contribution is 2.21. The minimum absolute atomic E-state index is 0.00916. The Hall–Kier alpha value is -4.36. The van der Waals surface area contributed by atoms with Gasteiger partial charge in [0.2, 0.25) is 0 Å². The fourth-order valence-corrected chi connectivity index (χ4v) is 7.88. The van der Waals surface area contributed by atoms with Crippen LogP contribution in [0.25, 0.3) is 0 Å². The van der Waals surface area contributed by atoms with Crippen LogP contribution < -0.4 is 26.6 Å². The van der Waals surface area contributed by atoms with Gasteiger partial charge in [0, 0.05) is 31.6 Å². The van der Waals surface area contributed by atoms with E-state index in [0.717, 1.165) is 14.9 Å². The highest BCUT2D eigenvalue weighted by molar-refractivity contribution is 8.23. The molecule has 4 amide bonds. The summed E-state index contributed by atoms with van der Waals surface area (Å²) < 4.78 is 8.23. The van der Waals surface area contributed by atoms with Gasteiger partial charge in [-0.2, -0.15) is 0 Å². The third-order valence-electron chi connectivity index (χ3n) is 8.20. The lowest BCUT2D eigenvalue weighted by Crippen LogP contribution is -2.52. The molecule has 2 aromatic heterocycles. The number of benzene rings is 1. The normalized spacial score (nSPS) is 18.7. The van der Waals surface area contributed by atoms with E-state index in [0.29, 0.717) is 33.2 Å². The number of nitrogens with one attached hydrogen (secondary N) is 2. The molecule has 3 aliphatic rings. The third-order valence-corrected chi connectivity index (χ3v) is 11.1. The van der Waals surface area contributed by atoms with Crippen molar-refractivity contribution in [1.82, 2.24) is 29.7 Å². The molecule has 0 unspecified atom stereocenters. The Labute approximate surface area is 304 Å². The maximum atomic E-state index is 13.7. The first kappa shape index (κ1) is 35.5. The molecule has 6 rings (SSSR count). The average molecular weight is 755 g/mol. The van der Waals surface area contributed by atoms with Crippen molar-refractivity contribution in [3.63, 3.8) is 0 Å². The SMILES string of the molecule is Cn1c(C(=O)N2CCSC2=S)ccc(C(=O)N[C@@H]2COC[C@@H]2NC(=O)c2ccc(C(=O)N3CCSC3=S)n(OCc3ccccc3)c2=O)c1=O. The van der Waals surface area contributed by atoms with Gasteiger partial charge < -0.3 is 24.8 Å². The van der Waals surface area contributed by atoms with Crippen LogP contribution in [-0.4, -0.2) is 101 Å². The average Bonchev–Trinajstić information content (AvgIpc) is 3.86. The van der Waals surface area contributed by atoms with E-state index in [-0.39, 0.29) is 42.3 Å². The quantitative estimate of drug-likeness (QED) is 0.300. The third kappa shape index (κ3) is 7.25. The number of ether oxygens (including phenoxy) is 1.